The number of carbonyl (C=O) groups is 1. The highest BCUT2D eigenvalue weighted by atomic mass is 32.2. The van der Waals surface area contributed by atoms with Crippen molar-refractivity contribution in [3.05, 3.63) is 24.0 Å². The van der Waals surface area contributed by atoms with E-state index in [1.54, 1.807) is 17.0 Å². The van der Waals surface area contributed by atoms with Crippen LogP contribution in [0.5, 0.6) is 0 Å². The van der Waals surface area contributed by atoms with Crippen molar-refractivity contribution in [2.45, 2.75) is 18.9 Å². The molecule has 1 amide bonds. The third-order valence-electron chi connectivity index (χ3n) is 5.75. The van der Waals surface area contributed by atoms with E-state index in [4.69, 9.17) is 17.0 Å². The predicted octanol–water partition coefficient (Wildman–Crippen LogP) is 1.06. The number of piperazine rings is 1. The topological polar surface area (TPSA) is 94.2 Å². The summed E-state index contributed by atoms with van der Waals surface area (Å²) in [6, 6.07) is 4.62. The van der Waals surface area contributed by atoms with E-state index in [0.717, 1.165) is 17.8 Å². The molecule has 170 valence electrons. The van der Waals surface area contributed by atoms with Crippen molar-refractivity contribution in [2.24, 2.45) is 5.92 Å². The van der Waals surface area contributed by atoms with Gasteiger partial charge in [0.2, 0.25) is 0 Å². The Bertz CT molecular complexity index is 964. The monoisotopic (exact) mass is 471 g/mol. The quantitative estimate of drug-likeness (QED) is 0.575. The van der Waals surface area contributed by atoms with E-state index in [2.05, 4.69) is 10.0 Å². The van der Waals surface area contributed by atoms with Crippen molar-refractivity contribution in [3.63, 3.8) is 0 Å². The second-order valence-corrected chi connectivity index (χ2v) is 10.2. The van der Waals surface area contributed by atoms with Crippen molar-refractivity contribution >= 4 is 44.9 Å². The van der Waals surface area contributed by atoms with Crippen LogP contribution >= 0.6 is 12.2 Å². The van der Waals surface area contributed by atoms with Crippen LogP contribution in [-0.2, 0) is 14.9 Å². The van der Waals surface area contributed by atoms with Crippen molar-refractivity contribution in [1.29, 1.82) is 0 Å². The van der Waals surface area contributed by atoms with Crippen LogP contribution in [0.1, 0.15) is 12.8 Å². The van der Waals surface area contributed by atoms with Crippen LogP contribution in [0.4, 0.5) is 20.6 Å². The molecule has 2 aliphatic heterocycles. The summed E-state index contributed by atoms with van der Waals surface area (Å²) < 4.78 is 47.7. The van der Waals surface area contributed by atoms with Gasteiger partial charge >= 0.3 is 6.09 Å². The molecule has 4 rings (SSSR count). The molecule has 1 aromatic rings. The minimum Gasteiger partial charge on any atom is -0.442 e. The molecule has 2 saturated heterocycles. The highest BCUT2D eigenvalue weighted by Crippen LogP contribution is 2.30. The smallest absolute Gasteiger partial charge is 0.414 e. The summed E-state index contributed by atoms with van der Waals surface area (Å²) in [5.74, 6) is -0.0169. The van der Waals surface area contributed by atoms with Crippen LogP contribution in [0, 0.1) is 11.7 Å². The Kier molecular flexibility index (Phi) is 6.33. The standard InChI is InChI=1S/C19H26FN5O4S2/c1-21-31(27,28)24-8-6-23(7-9-24)17-5-4-14(10-16(17)20)25-12-15(29-19(25)26)11-22-18(30)13-2-3-13/h4-5,10,13,15,21H,2-3,6-9,11-12H2,1H3,(H,22,30). The number of hydrogen-bond donors (Lipinski definition) is 2. The molecule has 1 atom stereocenters. The molecule has 9 nitrogen and oxygen atoms in total. The van der Waals surface area contributed by atoms with Gasteiger partial charge in [0, 0.05) is 39.1 Å². The van der Waals surface area contributed by atoms with Crippen molar-refractivity contribution in [3.8, 4) is 0 Å². The lowest BCUT2D eigenvalue weighted by Crippen LogP contribution is -2.51. The largest absolute Gasteiger partial charge is 0.442 e. The Balaban J connectivity index is 1.36. The first-order valence-corrected chi connectivity index (χ1v) is 12.1. The number of ether oxygens (including phenoxy) is 1. The van der Waals surface area contributed by atoms with Gasteiger partial charge in [-0.15, -0.1) is 0 Å². The van der Waals surface area contributed by atoms with Crippen LogP contribution in [0.3, 0.4) is 0 Å². The molecule has 1 aromatic carbocycles. The van der Waals surface area contributed by atoms with Crippen molar-refractivity contribution in [2.75, 3.05) is 56.1 Å². The van der Waals surface area contributed by atoms with E-state index in [9.17, 15) is 17.6 Å². The van der Waals surface area contributed by atoms with Crippen LogP contribution in [0.25, 0.3) is 0 Å². The van der Waals surface area contributed by atoms with E-state index < -0.39 is 22.1 Å². The van der Waals surface area contributed by atoms with Crippen LogP contribution in [0.2, 0.25) is 0 Å². The number of nitrogens with zero attached hydrogens (tertiary/aromatic N) is 3. The molecule has 2 N–H and O–H groups in total. The summed E-state index contributed by atoms with van der Waals surface area (Å²) in [7, 11) is -2.12. The van der Waals surface area contributed by atoms with Crippen LogP contribution in [0.15, 0.2) is 18.2 Å². The number of amides is 1. The third-order valence-corrected chi connectivity index (χ3v) is 7.78. The highest BCUT2D eigenvalue weighted by molar-refractivity contribution is 7.87. The summed E-state index contributed by atoms with van der Waals surface area (Å²) in [6.45, 7) is 2.03. The molecule has 0 bridgehead atoms. The van der Waals surface area contributed by atoms with Gasteiger partial charge in [0.15, 0.2) is 0 Å². The van der Waals surface area contributed by atoms with E-state index in [1.165, 1.54) is 22.3 Å². The van der Waals surface area contributed by atoms with Gasteiger partial charge in [0.05, 0.1) is 29.5 Å². The second-order valence-electron chi connectivity index (χ2n) is 7.87. The van der Waals surface area contributed by atoms with E-state index in [0.29, 0.717) is 43.5 Å². The molecule has 1 unspecified atom stereocenters. The number of thiocarbonyl (C=S) groups is 1. The van der Waals surface area contributed by atoms with Gasteiger partial charge in [-0.2, -0.15) is 12.7 Å². The van der Waals surface area contributed by atoms with Crippen LogP contribution < -0.4 is 19.8 Å². The first kappa shape index (κ1) is 22.2. The molecule has 1 saturated carbocycles. The van der Waals surface area contributed by atoms with Gasteiger partial charge < -0.3 is 15.0 Å². The summed E-state index contributed by atoms with van der Waals surface area (Å²) in [5.41, 5.74) is 0.806. The fourth-order valence-corrected chi connectivity index (χ4v) is 4.98. The fraction of sp³-hybridized carbons (Fsp3) is 0.579. The van der Waals surface area contributed by atoms with Gasteiger partial charge in [0.1, 0.15) is 11.9 Å². The molecular weight excluding hydrogens is 445 g/mol. The molecule has 0 spiro atoms. The first-order valence-electron chi connectivity index (χ1n) is 10.3. The van der Waals surface area contributed by atoms with Gasteiger partial charge in [0.25, 0.3) is 10.2 Å². The second kappa shape index (κ2) is 8.85. The maximum absolute atomic E-state index is 14.9. The first-order chi connectivity index (χ1) is 14.8. The summed E-state index contributed by atoms with van der Waals surface area (Å²) in [6.07, 6.45) is 1.35. The molecular formula is C19H26FN5O4S2. The number of benzene rings is 1. The van der Waals surface area contributed by atoms with Crippen molar-refractivity contribution < 1.29 is 22.3 Å². The molecule has 0 radical (unpaired) electrons. The molecule has 12 heteroatoms. The average molecular weight is 472 g/mol. The Morgan fingerprint density at radius 3 is 2.58 bits per heavy atom. The number of halogens is 1. The number of rotatable bonds is 7. The Hall–Kier alpha value is -2.02. The number of cyclic esters (lactones) is 1. The Morgan fingerprint density at radius 1 is 1.26 bits per heavy atom. The molecule has 3 fully saturated rings. The van der Waals surface area contributed by atoms with E-state index in [1.807, 2.05) is 0 Å². The maximum atomic E-state index is 14.9. The predicted molar refractivity (Wildman–Crippen MR) is 119 cm³/mol. The fourth-order valence-electron chi connectivity index (χ4n) is 3.76. The molecule has 3 aliphatic rings. The lowest BCUT2D eigenvalue weighted by atomic mass is 10.2. The summed E-state index contributed by atoms with van der Waals surface area (Å²) >= 11 is 5.30. The zero-order chi connectivity index (χ0) is 22.2. The minimum absolute atomic E-state index is 0.264. The summed E-state index contributed by atoms with van der Waals surface area (Å²) in [4.78, 5) is 16.3. The number of carbonyl (C=O) groups excluding carboxylic acids is 1. The number of nitrogens with one attached hydrogen (secondary N) is 2. The molecule has 31 heavy (non-hydrogen) atoms. The van der Waals surface area contributed by atoms with Gasteiger partial charge in [-0.25, -0.2) is 13.9 Å². The Morgan fingerprint density at radius 2 is 1.97 bits per heavy atom. The molecule has 1 aliphatic carbocycles. The maximum Gasteiger partial charge on any atom is 0.414 e. The normalized spacial score (nSPS) is 22.5. The Labute approximate surface area is 186 Å². The highest BCUT2D eigenvalue weighted by Gasteiger charge is 2.34. The third kappa shape index (κ3) is 4.92. The van der Waals surface area contributed by atoms with Gasteiger partial charge in [-0.05, 0) is 31.0 Å². The molecule has 0 aromatic heterocycles. The molecule has 2 heterocycles. The SMILES string of the molecule is CNS(=O)(=O)N1CCN(c2ccc(N3CC(CNC(=S)C4CC4)OC3=O)cc2F)CC1. The zero-order valence-corrected chi connectivity index (χ0v) is 18.8. The van der Waals surface area contributed by atoms with Crippen LogP contribution in [-0.4, -0.2) is 76.2 Å². The summed E-state index contributed by atoms with van der Waals surface area (Å²) in [5, 5.41) is 3.16. The number of anilines is 2. The number of hydrogen-bond acceptors (Lipinski definition) is 6. The van der Waals surface area contributed by atoms with Gasteiger partial charge in [-0.3, -0.25) is 4.90 Å². The van der Waals surface area contributed by atoms with E-state index >= 15 is 0 Å². The van der Waals surface area contributed by atoms with E-state index in [-0.39, 0.29) is 19.2 Å². The van der Waals surface area contributed by atoms with Gasteiger partial charge in [-0.1, -0.05) is 12.2 Å². The minimum atomic E-state index is -3.49. The average Bonchev–Trinajstić information content (AvgIpc) is 3.55. The lowest BCUT2D eigenvalue weighted by Gasteiger charge is -2.35. The zero-order valence-electron chi connectivity index (χ0n) is 17.2. The lowest BCUT2D eigenvalue weighted by molar-refractivity contribution is 0.143. The van der Waals surface area contributed by atoms with Crippen molar-refractivity contribution in [1.82, 2.24) is 14.3 Å².